The number of hydrogen-bond acceptors (Lipinski definition) is 3. The van der Waals surface area contributed by atoms with Gasteiger partial charge in [-0.25, -0.2) is 0 Å². The van der Waals surface area contributed by atoms with Crippen LogP contribution in [0, 0.1) is 0 Å². The van der Waals surface area contributed by atoms with E-state index in [0.29, 0.717) is 13.2 Å². The van der Waals surface area contributed by atoms with Gasteiger partial charge < -0.3 is 14.0 Å². The molecule has 0 fully saturated rings. The lowest BCUT2D eigenvalue weighted by Gasteiger charge is -2.29. The van der Waals surface area contributed by atoms with E-state index in [4.69, 9.17) is 14.0 Å². The molecule has 0 saturated carbocycles. The molecule has 5 heteroatoms. The molecule has 0 rings (SSSR count). The first kappa shape index (κ1) is 12.6. The Morgan fingerprint density at radius 3 is 2.00 bits per heavy atom. The van der Waals surface area contributed by atoms with E-state index in [-0.39, 0.29) is 0 Å². The van der Waals surface area contributed by atoms with Gasteiger partial charge in [-0.3, -0.25) is 4.79 Å². The largest absolute Gasteiger partial charge is 0.481 e. The summed E-state index contributed by atoms with van der Waals surface area (Å²) in [5, 5.41) is 8.85. The van der Waals surface area contributed by atoms with Crippen LogP contribution >= 0.6 is 0 Å². The molecule has 0 bridgehead atoms. The van der Waals surface area contributed by atoms with Crippen LogP contribution in [0.25, 0.3) is 0 Å². The quantitative estimate of drug-likeness (QED) is 0.671. The predicted octanol–water partition coefficient (Wildman–Crippen LogP) is 1.61. The Morgan fingerprint density at radius 2 is 1.77 bits per heavy atom. The van der Waals surface area contributed by atoms with E-state index in [2.05, 4.69) is 0 Å². The van der Waals surface area contributed by atoms with Crippen LogP contribution in [-0.4, -0.2) is 32.9 Å². The average Bonchev–Trinajstić information content (AvgIpc) is 2.03. The summed E-state index contributed by atoms with van der Waals surface area (Å²) < 4.78 is 10.9. The maximum absolute atomic E-state index is 10.8. The maximum atomic E-state index is 10.8. The van der Waals surface area contributed by atoms with Crippen molar-refractivity contribution in [3.05, 3.63) is 0 Å². The number of carboxylic acids is 1. The van der Waals surface area contributed by atoms with E-state index < -0.39 is 20.1 Å². The number of hydrogen-bond donors (Lipinski definition) is 1. The Balaban J connectivity index is 4.45. The van der Waals surface area contributed by atoms with Gasteiger partial charge in [-0.2, -0.15) is 0 Å². The first-order chi connectivity index (χ1) is 5.98. The van der Waals surface area contributed by atoms with Crippen molar-refractivity contribution < 1.29 is 18.8 Å². The molecule has 13 heavy (non-hydrogen) atoms. The lowest BCUT2D eigenvalue weighted by molar-refractivity contribution is -0.137. The van der Waals surface area contributed by atoms with Gasteiger partial charge in [0.05, 0.1) is 5.54 Å². The Labute approximate surface area is 80.1 Å². The minimum absolute atomic E-state index is 0.500. The van der Waals surface area contributed by atoms with Crippen molar-refractivity contribution in [3.63, 3.8) is 0 Å². The molecule has 1 N–H and O–H groups in total. The summed E-state index contributed by atoms with van der Waals surface area (Å²) in [5.41, 5.74) is -0.535. The molecule has 0 saturated heterocycles. The zero-order chi connectivity index (χ0) is 10.5. The van der Waals surface area contributed by atoms with Crippen LogP contribution in [0.4, 0.5) is 0 Å². The third kappa shape index (κ3) is 3.46. The van der Waals surface area contributed by atoms with Crippen molar-refractivity contribution in [3.8, 4) is 0 Å². The lowest BCUT2D eigenvalue weighted by atomic mass is 10.5. The van der Waals surface area contributed by atoms with E-state index in [0.717, 1.165) is 0 Å². The van der Waals surface area contributed by atoms with Crippen LogP contribution in [0.5, 0.6) is 0 Å². The summed E-state index contributed by atoms with van der Waals surface area (Å²) in [5.74, 6) is -0.851. The van der Waals surface area contributed by atoms with Gasteiger partial charge in [-0.05, 0) is 27.3 Å². The standard InChI is InChI=1S/C8H18O4Si/c1-5-11-13(4,12-6-2)7(3)8(9)10/h7H,5-6H2,1-4H3,(H,9,10). The molecule has 0 aliphatic heterocycles. The van der Waals surface area contributed by atoms with Gasteiger partial charge in [0.25, 0.3) is 0 Å². The molecule has 0 aliphatic carbocycles. The highest BCUT2D eigenvalue weighted by Crippen LogP contribution is 2.23. The van der Waals surface area contributed by atoms with Crippen LogP contribution in [0.2, 0.25) is 12.1 Å². The smallest absolute Gasteiger partial charge is 0.349 e. The zero-order valence-electron chi connectivity index (χ0n) is 8.66. The second-order valence-electron chi connectivity index (χ2n) is 2.94. The van der Waals surface area contributed by atoms with Crippen LogP contribution in [0.1, 0.15) is 20.8 Å². The summed E-state index contributed by atoms with van der Waals surface area (Å²) >= 11 is 0. The van der Waals surface area contributed by atoms with Crippen molar-refractivity contribution in [2.45, 2.75) is 32.9 Å². The van der Waals surface area contributed by atoms with Crippen molar-refractivity contribution in [1.82, 2.24) is 0 Å². The first-order valence-electron chi connectivity index (χ1n) is 4.48. The lowest BCUT2D eigenvalue weighted by Crippen LogP contribution is -2.45. The number of carboxylic acid groups (broad SMARTS) is 1. The minimum Gasteiger partial charge on any atom is -0.481 e. The Kier molecular flexibility index (Phi) is 5.20. The predicted molar refractivity (Wildman–Crippen MR) is 51.9 cm³/mol. The highest BCUT2D eigenvalue weighted by atomic mass is 28.4. The van der Waals surface area contributed by atoms with Crippen molar-refractivity contribution in [1.29, 1.82) is 0 Å². The molecule has 0 aromatic carbocycles. The molecule has 0 heterocycles. The molecular weight excluding hydrogens is 188 g/mol. The van der Waals surface area contributed by atoms with Gasteiger partial charge in [0.2, 0.25) is 0 Å². The highest BCUT2D eigenvalue weighted by molar-refractivity contribution is 6.70. The van der Waals surface area contributed by atoms with Crippen molar-refractivity contribution >= 4 is 14.5 Å². The van der Waals surface area contributed by atoms with Gasteiger partial charge in [-0.15, -0.1) is 0 Å². The Bertz CT molecular complexity index is 166. The van der Waals surface area contributed by atoms with Crippen LogP contribution in [0.15, 0.2) is 0 Å². The van der Waals surface area contributed by atoms with Crippen LogP contribution in [0.3, 0.4) is 0 Å². The summed E-state index contributed by atoms with van der Waals surface area (Å²) in [7, 11) is -2.52. The van der Waals surface area contributed by atoms with Gasteiger partial charge in [-0.1, -0.05) is 0 Å². The molecule has 1 unspecified atom stereocenters. The van der Waals surface area contributed by atoms with E-state index in [1.54, 1.807) is 13.5 Å². The Morgan fingerprint density at radius 1 is 1.38 bits per heavy atom. The van der Waals surface area contributed by atoms with E-state index >= 15 is 0 Å². The number of aliphatic carboxylic acids is 1. The molecule has 1 atom stereocenters. The van der Waals surface area contributed by atoms with Gasteiger partial charge in [0, 0.05) is 13.2 Å². The van der Waals surface area contributed by atoms with Gasteiger partial charge >= 0.3 is 14.5 Å². The summed E-state index contributed by atoms with van der Waals surface area (Å²) in [4.78, 5) is 10.8. The SMILES string of the molecule is CCO[Si](C)(OCC)C(C)C(=O)O. The van der Waals surface area contributed by atoms with Crippen LogP contribution in [-0.2, 0) is 13.6 Å². The fourth-order valence-corrected chi connectivity index (χ4v) is 3.27. The third-order valence-corrected chi connectivity index (χ3v) is 5.56. The fraction of sp³-hybridized carbons (Fsp3) is 0.875. The maximum Gasteiger partial charge on any atom is 0.349 e. The molecule has 0 aromatic rings. The summed E-state index contributed by atoms with van der Waals surface area (Å²) in [6.07, 6.45) is 0. The topological polar surface area (TPSA) is 55.8 Å². The molecular formula is C8H18O4Si. The second-order valence-corrected chi connectivity index (χ2v) is 6.42. The summed E-state index contributed by atoms with van der Waals surface area (Å²) in [6.45, 7) is 8.12. The fourth-order valence-electron chi connectivity index (χ4n) is 1.09. The summed E-state index contributed by atoms with van der Waals surface area (Å²) in [6, 6.07) is 0. The highest BCUT2D eigenvalue weighted by Gasteiger charge is 2.42. The molecule has 4 nitrogen and oxygen atoms in total. The molecule has 0 aromatic heterocycles. The number of rotatable bonds is 6. The average molecular weight is 206 g/mol. The van der Waals surface area contributed by atoms with Crippen molar-refractivity contribution in [2.24, 2.45) is 0 Å². The monoisotopic (exact) mass is 206 g/mol. The van der Waals surface area contributed by atoms with Crippen LogP contribution < -0.4 is 0 Å². The van der Waals surface area contributed by atoms with Gasteiger partial charge in [0.1, 0.15) is 0 Å². The van der Waals surface area contributed by atoms with E-state index in [1.807, 2.05) is 13.8 Å². The molecule has 0 aliphatic rings. The van der Waals surface area contributed by atoms with Crippen molar-refractivity contribution in [2.75, 3.05) is 13.2 Å². The van der Waals surface area contributed by atoms with Gasteiger partial charge in [0.15, 0.2) is 0 Å². The molecule has 0 radical (unpaired) electrons. The van der Waals surface area contributed by atoms with E-state index in [1.165, 1.54) is 0 Å². The normalized spacial score (nSPS) is 14.2. The second kappa shape index (κ2) is 5.36. The first-order valence-corrected chi connectivity index (χ1v) is 6.88. The Hall–Kier alpha value is -0.393. The third-order valence-electron chi connectivity index (χ3n) is 2.02. The molecule has 0 spiro atoms. The molecule has 0 amide bonds. The minimum atomic E-state index is -2.52. The zero-order valence-corrected chi connectivity index (χ0v) is 9.66. The van der Waals surface area contributed by atoms with E-state index in [9.17, 15) is 4.79 Å². The number of carbonyl (C=O) groups is 1. The molecule has 78 valence electrons.